The van der Waals surface area contributed by atoms with Crippen LogP contribution in [0.15, 0.2) is 59.5 Å². The minimum absolute atomic E-state index is 0.0299. The van der Waals surface area contributed by atoms with E-state index in [2.05, 4.69) is 41.8 Å². The zero-order chi connectivity index (χ0) is 46.8. The number of amides is 6. The number of aryl methyl sites for hydroxylation is 2. The van der Waals surface area contributed by atoms with E-state index < -0.39 is 35.6 Å². The van der Waals surface area contributed by atoms with Gasteiger partial charge in [0, 0.05) is 111 Å². The van der Waals surface area contributed by atoms with Gasteiger partial charge in [0.05, 0.1) is 16.7 Å². The van der Waals surface area contributed by atoms with E-state index in [-0.39, 0.29) is 54.4 Å². The van der Waals surface area contributed by atoms with E-state index in [1.165, 1.54) is 6.07 Å². The van der Waals surface area contributed by atoms with Crippen molar-refractivity contribution in [2.75, 3.05) is 54.8 Å². The van der Waals surface area contributed by atoms with Gasteiger partial charge in [0.25, 0.3) is 23.3 Å². The van der Waals surface area contributed by atoms with Crippen molar-refractivity contribution >= 4 is 58.9 Å². The molecule has 1 unspecified atom stereocenters. The molecule has 0 bridgehead atoms. The van der Waals surface area contributed by atoms with Crippen LogP contribution in [0.25, 0.3) is 11.1 Å². The van der Waals surface area contributed by atoms with Crippen LogP contribution in [-0.2, 0) is 20.9 Å². The summed E-state index contributed by atoms with van der Waals surface area (Å²) in [5.74, 6) is -2.03. The minimum Gasteiger partial charge on any atom is -0.384 e. The normalized spacial score (nSPS) is 14.6. The molecule has 6 rings (SSSR count). The summed E-state index contributed by atoms with van der Waals surface area (Å²) in [7, 11) is 0. The molecule has 2 aliphatic heterocycles. The number of likely N-dealkylation sites (N-methyl/N-ethyl adjacent to an activating group) is 1. The van der Waals surface area contributed by atoms with E-state index in [4.69, 9.17) is 10.4 Å². The summed E-state index contributed by atoms with van der Waals surface area (Å²) in [6.45, 7) is 13.0. The number of benzene rings is 2. The largest absolute Gasteiger partial charge is 0.384 e. The number of aromatic amines is 1. The number of carbonyl (C=O) groups excluding carboxylic acids is 6. The lowest BCUT2D eigenvalue weighted by atomic mass is 9.97. The molecule has 18 nitrogen and oxygen atoms in total. The minimum atomic E-state index is -1.05. The molecule has 0 radical (unpaired) electrons. The van der Waals surface area contributed by atoms with E-state index in [1.807, 2.05) is 52.0 Å². The molecule has 1 fully saturated rings. The van der Waals surface area contributed by atoms with E-state index in [0.29, 0.717) is 73.8 Å². The molecule has 0 spiro atoms. The Hall–Kier alpha value is -7.21. The molecule has 4 heterocycles. The molecule has 65 heavy (non-hydrogen) atoms. The van der Waals surface area contributed by atoms with E-state index in [1.54, 1.807) is 31.3 Å². The third kappa shape index (κ3) is 11.3. The predicted molar refractivity (Wildman–Crippen MR) is 249 cm³/mol. The molecule has 6 amide bonds. The number of carbonyl (C=O) groups is 6. The maximum Gasteiger partial charge on any atom is 0.264 e. The lowest BCUT2D eigenvalue weighted by molar-refractivity contribution is -0.136. The van der Waals surface area contributed by atoms with Gasteiger partial charge in [0.2, 0.25) is 17.7 Å². The van der Waals surface area contributed by atoms with Gasteiger partial charge in [-0.15, -0.1) is 0 Å². The van der Waals surface area contributed by atoms with Crippen LogP contribution < -0.4 is 42.4 Å². The lowest BCUT2D eigenvalue weighted by Gasteiger charge is -2.27. The van der Waals surface area contributed by atoms with E-state index >= 15 is 0 Å². The third-order valence-electron chi connectivity index (χ3n) is 11.3. The van der Waals surface area contributed by atoms with Gasteiger partial charge in [0.15, 0.2) is 0 Å². The van der Waals surface area contributed by atoms with Crippen LogP contribution in [0.3, 0.4) is 0 Å². The fourth-order valence-electron chi connectivity index (χ4n) is 7.99. The van der Waals surface area contributed by atoms with Crippen molar-refractivity contribution in [2.45, 2.75) is 78.9 Å². The number of nitrogens with one attached hydrogen (secondary N) is 8. The standard InChI is InChI=1S/C47H57N11O7/c1-6-57(20-19-49-17-18-51-40(59)11-8-16-50-36-10-7-9-32-42(36)47(65)58(46(32)64)38-13-15-41(60)56-45(38)63)39-14-12-30(25-52-39)31-22-33(34(24-48)37(23-31)54-27(2)3)43(61)53-26-35-28(4)21-29(5)55-44(35)62/h7,9-10,12,14,21-25,27,38,48-50,54H,6,8,11,13,15-20,26H2,1-5H3,(H,51,59)(H,53,61)(H,55,62)(H,56,60,63). The van der Waals surface area contributed by atoms with Crippen molar-refractivity contribution < 1.29 is 28.8 Å². The monoisotopic (exact) mass is 887 g/mol. The molecule has 18 heteroatoms. The lowest BCUT2D eigenvalue weighted by Crippen LogP contribution is -2.54. The highest BCUT2D eigenvalue weighted by atomic mass is 16.2. The van der Waals surface area contributed by atoms with Gasteiger partial charge in [-0.2, -0.15) is 0 Å². The van der Waals surface area contributed by atoms with Crippen molar-refractivity contribution in [3.8, 4) is 11.1 Å². The summed E-state index contributed by atoms with van der Waals surface area (Å²) in [6, 6.07) is 13.2. The van der Waals surface area contributed by atoms with Gasteiger partial charge < -0.3 is 41.9 Å². The van der Waals surface area contributed by atoms with Gasteiger partial charge >= 0.3 is 0 Å². The molecule has 1 saturated heterocycles. The average molecular weight is 888 g/mol. The van der Waals surface area contributed by atoms with Crippen molar-refractivity contribution in [3.05, 3.63) is 104 Å². The molecule has 342 valence electrons. The van der Waals surface area contributed by atoms with Crippen LogP contribution in [0.2, 0.25) is 0 Å². The Morgan fingerprint density at radius 1 is 0.954 bits per heavy atom. The maximum atomic E-state index is 13.7. The van der Waals surface area contributed by atoms with Crippen LogP contribution in [0, 0.1) is 19.3 Å². The van der Waals surface area contributed by atoms with Crippen LogP contribution in [-0.4, -0.2) is 108 Å². The molecule has 8 N–H and O–H groups in total. The van der Waals surface area contributed by atoms with E-state index in [0.717, 1.165) is 39.3 Å². The average Bonchev–Trinajstić information content (AvgIpc) is 3.52. The Morgan fingerprint density at radius 3 is 2.45 bits per heavy atom. The summed E-state index contributed by atoms with van der Waals surface area (Å²) < 4.78 is 0. The zero-order valence-electron chi connectivity index (χ0n) is 37.4. The fourth-order valence-corrected chi connectivity index (χ4v) is 7.99. The SMILES string of the molecule is CCN(CCNCCNC(=O)CCCNc1cccc2c1C(=O)N(C1CCC(=O)NC1=O)C2=O)c1ccc(-c2cc(NC(C)C)c(C=N)c(C(=O)NCc3c(C)cc(C)[nH]c3=O)c2)cn1. The van der Waals surface area contributed by atoms with Crippen molar-refractivity contribution in [3.63, 3.8) is 0 Å². The topological polar surface area (TPSA) is 251 Å². The van der Waals surface area contributed by atoms with Gasteiger partial charge in [-0.05, 0) is 101 Å². The summed E-state index contributed by atoms with van der Waals surface area (Å²) in [6.07, 6.45) is 3.75. The molecule has 4 aromatic rings. The number of hydrogen-bond donors (Lipinski definition) is 8. The first-order valence-corrected chi connectivity index (χ1v) is 21.9. The summed E-state index contributed by atoms with van der Waals surface area (Å²) in [5, 5.41) is 26.1. The van der Waals surface area contributed by atoms with Crippen molar-refractivity contribution in [2.24, 2.45) is 0 Å². The maximum absolute atomic E-state index is 13.7. The molecular weight excluding hydrogens is 831 g/mol. The first-order valence-electron chi connectivity index (χ1n) is 21.9. The van der Waals surface area contributed by atoms with Gasteiger partial charge in [0.1, 0.15) is 11.9 Å². The van der Waals surface area contributed by atoms with Gasteiger partial charge in [-0.25, -0.2) is 4.98 Å². The van der Waals surface area contributed by atoms with Crippen molar-refractivity contribution in [1.82, 2.24) is 36.1 Å². The second kappa shape index (κ2) is 21.4. The molecule has 1 atom stereocenters. The second-order valence-corrected chi connectivity index (χ2v) is 16.3. The number of piperidine rings is 1. The number of H-pyrrole nitrogens is 1. The number of anilines is 3. The van der Waals surface area contributed by atoms with Crippen molar-refractivity contribution in [1.29, 1.82) is 5.41 Å². The molecular formula is C47H57N11O7. The Bertz CT molecular complexity index is 2540. The van der Waals surface area contributed by atoms with Crippen LogP contribution in [0.4, 0.5) is 17.2 Å². The molecule has 2 aromatic heterocycles. The number of rotatable bonds is 21. The van der Waals surface area contributed by atoms with E-state index in [9.17, 15) is 33.6 Å². The van der Waals surface area contributed by atoms with Crippen LogP contribution in [0.5, 0.6) is 0 Å². The molecule has 2 aromatic carbocycles. The van der Waals surface area contributed by atoms with Gasteiger partial charge in [-0.3, -0.25) is 43.8 Å². The quantitative estimate of drug-likeness (QED) is 0.0340. The van der Waals surface area contributed by atoms with Gasteiger partial charge in [-0.1, -0.05) is 6.07 Å². The molecule has 0 saturated carbocycles. The Labute approximate surface area is 377 Å². The Kier molecular flexibility index (Phi) is 15.6. The number of fused-ring (bicyclic) bond motifs is 1. The Balaban J connectivity index is 0.954. The first kappa shape index (κ1) is 47.3. The number of aromatic nitrogens is 2. The summed E-state index contributed by atoms with van der Waals surface area (Å²) in [4.78, 5) is 99.9. The number of imide groups is 2. The highest BCUT2D eigenvalue weighted by molar-refractivity contribution is 6.25. The fraction of sp³-hybridized carbons (Fsp3) is 0.383. The van der Waals surface area contributed by atoms with Crippen LogP contribution in [0.1, 0.15) is 99.9 Å². The molecule has 0 aliphatic carbocycles. The first-order chi connectivity index (χ1) is 31.2. The zero-order valence-corrected chi connectivity index (χ0v) is 37.4. The predicted octanol–water partition coefficient (Wildman–Crippen LogP) is 3.63. The smallest absolute Gasteiger partial charge is 0.264 e. The van der Waals surface area contributed by atoms with Crippen LogP contribution >= 0.6 is 0 Å². The number of pyridine rings is 2. The summed E-state index contributed by atoms with van der Waals surface area (Å²) >= 11 is 0. The number of nitrogens with zero attached hydrogens (tertiary/aromatic N) is 3. The number of hydrogen-bond acceptors (Lipinski definition) is 13. The Morgan fingerprint density at radius 2 is 1.75 bits per heavy atom. The highest BCUT2D eigenvalue weighted by Crippen LogP contribution is 2.33. The summed E-state index contributed by atoms with van der Waals surface area (Å²) in [5.41, 5.74) is 5.43. The highest BCUT2D eigenvalue weighted by Gasteiger charge is 2.45. The molecule has 2 aliphatic rings. The third-order valence-corrected chi connectivity index (χ3v) is 11.3. The second-order valence-electron chi connectivity index (χ2n) is 16.3.